The van der Waals surface area contributed by atoms with Crippen LogP contribution in [-0.4, -0.2) is 6.04 Å². The molecule has 3 heteroatoms. The Kier molecular flexibility index (Phi) is 3.08. The molecule has 0 saturated carbocycles. The topological polar surface area (TPSA) is 12.0 Å². The van der Waals surface area contributed by atoms with E-state index < -0.39 is 11.6 Å². The van der Waals surface area contributed by atoms with Gasteiger partial charge in [0.05, 0.1) is 11.7 Å². The van der Waals surface area contributed by atoms with Crippen LogP contribution >= 0.6 is 0 Å². The first-order valence-corrected chi connectivity index (χ1v) is 4.23. The highest BCUT2D eigenvalue weighted by molar-refractivity contribution is 5.48. The first kappa shape index (κ1) is 10.5. The third-order valence-corrected chi connectivity index (χ3v) is 1.87. The summed E-state index contributed by atoms with van der Waals surface area (Å²) in [4.78, 5) is 0. The van der Waals surface area contributed by atoms with Gasteiger partial charge in [-0.25, -0.2) is 8.78 Å². The maximum absolute atomic E-state index is 13.2. The maximum Gasteiger partial charge on any atom is 0.146 e. The SMILES string of the molecule is C#CC(C)Nc1cc(F)c(C)cc1F. The molecule has 1 atom stereocenters. The Bertz CT molecular complexity index is 380. The minimum absolute atomic E-state index is 0.0959. The molecule has 0 spiro atoms. The fraction of sp³-hybridized carbons (Fsp3) is 0.273. The zero-order chi connectivity index (χ0) is 10.7. The number of aryl methyl sites for hydroxylation is 1. The van der Waals surface area contributed by atoms with Crippen molar-refractivity contribution in [1.82, 2.24) is 0 Å². The molecule has 0 heterocycles. The first-order chi connectivity index (χ1) is 6.54. The van der Waals surface area contributed by atoms with Crippen LogP contribution in [0.3, 0.4) is 0 Å². The average Bonchev–Trinajstić information content (AvgIpc) is 2.14. The summed E-state index contributed by atoms with van der Waals surface area (Å²) in [6.07, 6.45) is 5.11. The molecule has 1 N–H and O–H groups in total. The lowest BCUT2D eigenvalue weighted by Gasteiger charge is -2.11. The third-order valence-electron chi connectivity index (χ3n) is 1.87. The van der Waals surface area contributed by atoms with Gasteiger partial charge in [0.25, 0.3) is 0 Å². The normalized spacial score (nSPS) is 11.9. The minimum atomic E-state index is -0.494. The van der Waals surface area contributed by atoms with E-state index in [0.29, 0.717) is 0 Å². The molecular weight excluding hydrogens is 184 g/mol. The predicted octanol–water partition coefficient (Wildman–Crippen LogP) is 2.71. The lowest BCUT2D eigenvalue weighted by atomic mass is 10.2. The second-order valence-corrected chi connectivity index (χ2v) is 3.11. The molecule has 1 aromatic rings. The molecule has 1 nitrogen and oxygen atoms in total. The molecule has 0 radical (unpaired) electrons. The molecule has 0 aliphatic heterocycles. The van der Waals surface area contributed by atoms with Gasteiger partial charge in [-0.15, -0.1) is 6.42 Å². The fourth-order valence-corrected chi connectivity index (χ4v) is 1.03. The smallest absolute Gasteiger partial charge is 0.146 e. The molecule has 1 aromatic carbocycles. The first-order valence-electron chi connectivity index (χ1n) is 4.23. The molecule has 0 amide bonds. The molecule has 0 saturated heterocycles. The molecule has 74 valence electrons. The lowest BCUT2D eigenvalue weighted by molar-refractivity contribution is 0.594. The highest BCUT2D eigenvalue weighted by atomic mass is 19.1. The summed E-state index contributed by atoms with van der Waals surface area (Å²) in [5.74, 6) is 1.43. The van der Waals surface area contributed by atoms with Crippen LogP contribution in [0.5, 0.6) is 0 Å². The van der Waals surface area contributed by atoms with Crippen molar-refractivity contribution in [2.75, 3.05) is 5.32 Å². The molecule has 0 aliphatic rings. The maximum atomic E-state index is 13.2. The van der Waals surface area contributed by atoms with Crippen molar-refractivity contribution in [2.45, 2.75) is 19.9 Å². The number of benzene rings is 1. The summed E-state index contributed by atoms with van der Waals surface area (Å²) in [6.45, 7) is 3.20. The highest BCUT2D eigenvalue weighted by Gasteiger charge is 2.08. The number of anilines is 1. The summed E-state index contributed by atoms with van der Waals surface area (Å²) >= 11 is 0. The van der Waals surface area contributed by atoms with Crippen LogP contribution in [0.25, 0.3) is 0 Å². The predicted molar refractivity (Wildman–Crippen MR) is 53.0 cm³/mol. The van der Waals surface area contributed by atoms with Crippen molar-refractivity contribution in [1.29, 1.82) is 0 Å². The van der Waals surface area contributed by atoms with Crippen LogP contribution in [0, 0.1) is 30.9 Å². The Hall–Kier alpha value is -1.56. The third kappa shape index (κ3) is 2.23. The van der Waals surface area contributed by atoms with E-state index in [2.05, 4.69) is 11.2 Å². The molecule has 0 bridgehead atoms. The summed E-state index contributed by atoms with van der Waals surface area (Å²) in [5.41, 5.74) is 0.375. The number of rotatable bonds is 2. The van der Waals surface area contributed by atoms with E-state index in [-0.39, 0.29) is 17.3 Å². The molecule has 1 unspecified atom stereocenters. The molecule has 1 rings (SSSR count). The number of halogens is 2. The van der Waals surface area contributed by atoms with Gasteiger partial charge in [-0.2, -0.15) is 0 Å². The Morgan fingerprint density at radius 1 is 1.36 bits per heavy atom. The second-order valence-electron chi connectivity index (χ2n) is 3.11. The second kappa shape index (κ2) is 4.10. The summed E-state index contributed by atoms with van der Waals surface area (Å²) in [6, 6.07) is 1.92. The van der Waals surface area contributed by atoms with Gasteiger partial charge in [0, 0.05) is 6.07 Å². The standard InChI is InChI=1S/C11H11F2N/c1-4-8(3)14-11-6-9(12)7(2)5-10(11)13/h1,5-6,8,14H,2-3H3. The van der Waals surface area contributed by atoms with Gasteiger partial charge in [0.15, 0.2) is 0 Å². The number of nitrogens with one attached hydrogen (secondary N) is 1. The van der Waals surface area contributed by atoms with E-state index in [4.69, 9.17) is 6.42 Å². The fourth-order valence-electron chi connectivity index (χ4n) is 1.03. The molecule has 0 aliphatic carbocycles. The van der Waals surface area contributed by atoms with E-state index >= 15 is 0 Å². The molecular formula is C11H11F2N. The van der Waals surface area contributed by atoms with E-state index in [1.165, 1.54) is 6.92 Å². The van der Waals surface area contributed by atoms with Gasteiger partial charge >= 0.3 is 0 Å². The van der Waals surface area contributed by atoms with Gasteiger partial charge < -0.3 is 5.32 Å². The van der Waals surface area contributed by atoms with Crippen LogP contribution in [-0.2, 0) is 0 Å². The van der Waals surface area contributed by atoms with Crippen molar-refractivity contribution in [3.8, 4) is 12.3 Å². The van der Waals surface area contributed by atoms with E-state index in [1.54, 1.807) is 6.92 Å². The van der Waals surface area contributed by atoms with Crippen molar-refractivity contribution in [3.63, 3.8) is 0 Å². The van der Waals surface area contributed by atoms with Crippen molar-refractivity contribution >= 4 is 5.69 Å². The van der Waals surface area contributed by atoms with Gasteiger partial charge in [-0.1, -0.05) is 5.92 Å². The molecule has 0 fully saturated rings. The lowest BCUT2D eigenvalue weighted by Crippen LogP contribution is -2.13. The van der Waals surface area contributed by atoms with E-state index in [9.17, 15) is 8.78 Å². The summed E-state index contributed by atoms with van der Waals surface area (Å²) in [5, 5.41) is 2.68. The molecule has 14 heavy (non-hydrogen) atoms. The van der Waals surface area contributed by atoms with Gasteiger partial charge in [0.1, 0.15) is 11.6 Å². The van der Waals surface area contributed by atoms with Gasteiger partial charge in [-0.05, 0) is 25.5 Å². The summed E-state index contributed by atoms with van der Waals surface area (Å²) in [7, 11) is 0. The quantitative estimate of drug-likeness (QED) is 0.715. The summed E-state index contributed by atoms with van der Waals surface area (Å²) < 4.78 is 26.3. The zero-order valence-corrected chi connectivity index (χ0v) is 8.07. The zero-order valence-electron chi connectivity index (χ0n) is 8.07. The van der Waals surface area contributed by atoms with Crippen LogP contribution < -0.4 is 5.32 Å². The minimum Gasteiger partial charge on any atom is -0.369 e. The average molecular weight is 195 g/mol. The van der Waals surface area contributed by atoms with Crippen molar-refractivity contribution in [3.05, 3.63) is 29.3 Å². The van der Waals surface area contributed by atoms with Crippen LogP contribution in [0.1, 0.15) is 12.5 Å². The monoisotopic (exact) mass is 195 g/mol. The number of hydrogen-bond donors (Lipinski definition) is 1. The van der Waals surface area contributed by atoms with Crippen molar-refractivity contribution in [2.24, 2.45) is 0 Å². The largest absolute Gasteiger partial charge is 0.369 e. The van der Waals surface area contributed by atoms with E-state index in [1.807, 2.05) is 0 Å². The van der Waals surface area contributed by atoms with Crippen molar-refractivity contribution < 1.29 is 8.78 Å². The Morgan fingerprint density at radius 2 is 2.00 bits per heavy atom. The van der Waals surface area contributed by atoms with Crippen LogP contribution in [0.2, 0.25) is 0 Å². The van der Waals surface area contributed by atoms with Crippen LogP contribution in [0.15, 0.2) is 12.1 Å². The number of hydrogen-bond acceptors (Lipinski definition) is 1. The number of terminal acetylenes is 1. The van der Waals surface area contributed by atoms with Crippen LogP contribution in [0.4, 0.5) is 14.5 Å². The molecule has 0 aromatic heterocycles. The Morgan fingerprint density at radius 3 is 2.57 bits per heavy atom. The van der Waals surface area contributed by atoms with Gasteiger partial charge in [-0.3, -0.25) is 0 Å². The Balaban J connectivity index is 2.99. The Labute approximate surface area is 82.1 Å². The highest BCUT2D eigenvalue weighted by Crippen LogP contribution is 2.19. The van der Waals surface area contributed by atoms with Gasteiger partial charge in [0.2, 0.25) is 0 Å². The van der Waals surface area contributed by atoms with E-state index in [0.717, 1.165) is 12.1 Å².